The highest BCUT2D eigenvalue weighted by molar-refractivity contribution is 7.89. The van der Waals surface area contributed by atoms with Crippen molar-refractivity contribution in [2.45, 2.75) is 24.3 Å². The second-order valence-electron chi connectivity index (χ2n) is 7.52. The average Bonchev–Trinajstić information content (AvgIpc) is 3.30. The second kappa shape index (κ2) is 7.97. The van der Waals surface area contributed by atoms with Crippen molar-refractivity contribution in [3.8, 4) is 0 Å². The van der Waals surface area contributed by atoms with Crippen LogP contribution in [0.15, 0.2) is 32.7 Å². The molecule has 2 aliphatic rings. The maximum atomic E-state index is 13.1. The third-order valence-corrected chi connectivity index (χ3v) is 7.58. The monoisotopic (exact) mass is 436 g/mol. The summed E-state index contributed by atoms with van der Waals surface area (Å²) in [4.78, 5) is 39.9. The fourth-order valence-electron chi connectivity index (χ4n) is 3.93. The summed E-state index contributed by atoms with van der Waals surface area (Å²) in [6.45, 7) is 1.97. The number of likely N-dealkylation sites (tertiary alicyclic amines) is 1. The van der Waals surface area contributed by atoms with Crippen LogP contribution in [0.5, 0.6) is 0 Å². The molecule has 162 valence electrons. The van der Waals surface area contributed by atoms with Gasteiger partial charge in [0, 0.05) is 33.2 Å². The molecule has 10 nitrogen and oxygen atoms in total. The van der Waals surface area contributed by atoms with E-state index in [2.05, 4.69) is 0 Å². The molecule has 3 heterocycles. The van der Waals surface area contributed by atoms with E-state index >= 15 is 0 Å². The van der Waals surface area contributed by atoms with Crippen LogP contribution in [0.2, 0.25) is 0 Å². The van der Waals surface area contributed by atoms with Crippen LogP contribution in [0, 0.1) is 0 Å². The van der Waals surface area contributed by atoms with Crippen molar-refractivity contribution >= 4 is 26.8 Å². The van der Waals surface area contributed by atoms with Crippen LogP contribution in [0.25, 0.3) is 10.9 Å². The molecule has 4 rings (SSSR count). The zero-order valence-electron chi connectivity index (χ0n) is 16.7. The van der Waals surface area contributed by atoms with E-state index in [4.69, 9.17) is 4.74 Å². The number of morpholine rings is 1. The predicted octanol–water partition coefficient (Wildman–Crippen LogP) is -0.656. The highest BCUT2D eigenvalue weighted by Gasteiger charge is 2.27. The number of aromatic nitrogens is 2. The Morgan fingerprint density at radius 3 is 2.40 bits per heavy atom. The molecule has 0 N–H and O–H groups in total. The summed E-state index contributed by atoms with van der Waals surface area (Å²) < 4.78 is 34.6. The average molecular weight is 436 g/mol. The molecule has 30 heavy (non-hydrogen) atoms. The Morgan fingerprint density at radius 1 is 1.07 bits per heavy atom. The smallest absolute Gasteiger partial charge is 0.331 e. The molecule has 0 spiro atoms. The van der Waals surface area contributed by atoms with Crippen LogP contribution in [0.4, 0.5) is 0 Å². The molecule has 1 amide bonds. The van der Waals surface area contributed by atoms with Crippen molar-refractivity contribution in [2.24, 2.45) is 7.05 Å². The quantitative estimate of drug-likeness (QED) is 0.629. The Kier molecular flexibility index (Phi) is 5.51. The Morgan fingerprint density at radius 2 is 1.73 bits per heavy atom. The van der Waals surface area contributed by atoms with E-state index in [-0.39, 0.29) is 35.8 Å². The number of amides is 1. The van der Waals surface area contributed by atoms with Crippen LogP contribution in [-0.2, 0) is 33.1 Å². The molecule has 0 bridgehead atoms. The summed E-state index contributed by atoms with van der Waals surface area (Å²) in [5, 5.41) is 0.0839. The Bertz CT molecular complexity index is 1200. The van der Waals surface area contributed by atoms with Gasteiger partial charge in [-0.3, -0.25) is 18.7 Å². The molecule has 0 atom stereocenters. The summed E-state index contributed by atoms with van der Waals surface area (Å²) in [7, 11) is -2.30. The number of sulfonamides is 1. The maximum absolute atomic E-state index is 13.1. The number of benzene rings is 1. The number of rotatable bonds is 4. The van der Waals surface area contributed by atoms with Gasteiger partial charge in [0.2, 0.25) is 15.9 Å². The molecule has 1 aromatic carbocycles. The topological polar surface area (TPSA) is 111 Å². The lowest BCUT2D eigenvalue weighted by Gasteiger charge is -2.26. The van der Waals surface area contributed by atoms with Gasteiger partial charge in [0.1, 0.15) is 6.54 Å². The van der Waals surface area contributed by atoms with E-state index < -0.39 is 21.3 Å². The SMILES string of the molecule is Cn1c(=O)n(CC(=O)N2CCCC2)c(=O)c2cc(S(=O)(=O)N3CCOCC3)ccc21. The van der Waals surface area contributed by atoms with E-state index in [1.54, 1.807) is 4.90 Å². The number of ether oxygens (including phenoxy) is 1. The third-order valence-electron chi connectivity index (χ3n) is 5.68. The van der Waals surface area contributed by atoms with Gasteiger partial charge in [0.05, 0.1) is 29.0 Å². The second-order valence-corrected chi connectivity index (χ2v) is 9.45. The largest absolute Gasteiger partial charge is 0.379 e. The van der Waals surface area contributed by atoms with E-state index in [1.807, 2.05) is 0 Å². The minimum atomic E-state index is -3.80. The molecule has 2 saturated heterocycles. The number of carbonyl (C=O) groups excluding carboxylic acids is 1. The first kappa shape index (κ1) is 20.8. The van der Waals surface area contributed by atoms with Gasteiger partial charge < -0.3 is 9.64 Å². The number of aryl methyl sites for hydroxylation is 1. The van der Waals surface area contributed by atoms with E-state index in [1.165, 1.54) is 34.1 Å². The molecular formula is C19H24N4O6S. The van der Waals surface area contributed by atoms with Gasteiger partial charge in [-0.15, -0.1) is 0 Å². The number of fused-ring (bicyclic) bond motifs is 1. The van der Waals surface area contributed by atoms with E-state index in [9.17, 15) is 22.8 Å². The van der Waals surface area contributed by atoms with Crippen molar-refractivity contribution in [1.29, 1.82) is 0 Å². The lowest BCUT2D eigenvalue weighted by atomic mass is 10.2. The van der Waals surface area contributed by atoms with Gasteiger partial charge in [0.25, 0.3) is 5.56 Å². The van der Waals surface area contributed by atoms with Gasteiger partial charge in [-0.2, -0.15) is 4.31 Å². The standard InChI is InChI=1S/C19H24N4O6S/c1-20-16-5-4-14(30(27,28)22-8-10-29-11-9-22)12-15(16)18(25)23(19(20)26)13-17(24)21-6-2-3-7-21/h4-5,12H,2-3,6-11,13H2,1H3. The van der Waals surface area contributed by atoms with Crippen LogP contribution < -0.4 is 11.2 Å². The zero-order chi connectivity index (χ0) is 21.5. The van der Waals surface area contributed by atoms with E-state index in [0.29, 0.717) is 31.8 Å². The lowest BCUT2D eigenvalue weighted by Crippen LogP contribution is -2.44. The van der Waals surface area contributed by atoms with Crippen molar-refractivity contribution in [3.05, 3.63) is 39.0 Å². The minimum absolute atomic E-state index is 0.0231. The molecule has 0 unspecified atom stereocenters. The molecular weight excluding hydrogens is 412 g/mol. The summed E-state index contributed by atoms with van der Waals surface area (Å²) in [6.07, 6.45) is 1.80. The highest BCUT2D eigenvalue weighted by atomic mass is 32.2. The summed E-state index contributed by atoms with van der Waals surface area (Å²) in [6, 6.07) is 4.14. The molecule has 11 heteroatoms. The number of hydrogen-bond donors (Lipinski definition) is 0. The zero-order valence-corrected chi connectivity index (χ0v) is 17.6. The molecule has 0 saturated carbocycles. The summed E-state index contributed by atoms with van der Waals surface area (Å²) in [5.41, 5.74) is -0.959. The first-order chi connectivity index (χ1) is 14.3. The maximum Gasteiger partial charge on any atom is 0.331 e. The molecule has 2 aromatic rings. The Hall–Kier alpha value is -2.50. The molecule has 2 fully saturated rings. The van der Waals surface area contributed by atoms with Gasteiger partial charge in [-0.05, 0) is 31.0 Å². The molecule has 0 aliphatic carbocycles. The van der Waals surface area contributed by atoms with Gasteiger partial charge in [-0.1, -0.05) is 0 Å². The first-order valence-electron chi connectivity index (χ1n) is 9.90. The van der Waals surface area contributed by atoms with E-state index in [0.717, 1.165) is 17.4 Å². The Balaban J connectivity index is 1.78. The van der Waals surface area contributed by atoms with Gasteiger partial charge in [-0.25, -0.2) is 13.2 Å². The fraction of sp³-hybridized carbons (Fsp3) is 0.526. The molecule has 1 aromatic heterocycles. The molecule has 0 radical (unpaired) electrons. The number of carbonyl (C=O) groups is 1. The van der Waals surface area contributed by atoms with Crippen LogP contribution >= 0.6 is 0 Å². The number of hydrogen-bond acceptors (Lipinski definition) is 6. The molecule has 2 aliphatic heterocycles. The first-order valence-corrected chi connectivity index (χ1v) is 11.3. The fourth-order valence-corrected chi connectivity index (χ4v) is 5.37. The minimum Gasteiger partial charge on any atom is -0.379 e. The third kappa shape index (κ3) is 3.57. The van der Waals surface area contributed by atoms with Crippen LogP contribution in [0.3, 0.4) is 0 Å². The van der Waals surface area contributed by atoms with Crippen molar-refractivity contribution in [1.82, 2.24) is 18.3 Å². The predicted molar refractivity (Wildman–Crippen MR) is 109 cm³/mol. The van der Waals surface area contributed by atoms with Crippen LogP contribution in [0.1, 0.15) is 12.8 Å². The van der Waals surface area contributed by atoms with Crippen molar-refractivity contribution in [3.63, 3.8) is 0 Å². The van der Waals surface area contributed by atoms with Gasteiger partial charge >= 0.3 is 5.69 Å². The van der Waals surface area contributed by atoms with Gasteiger partial charge in [0.15, 0.2) is 0 Å². The van der Waals surface area contributed by atoms with Crippen molar-refractivity contribution < 1.29 is 17.9 Å². The summed E-state index contributed by atoms with van der Waals surface area (Å²) >= 11 is 0. The lowest BCUT2D eigenvalue weighted by molar-refractivity contribution is -0.130. The van der Waals surface area contributed by atoms with Crippen molar-refractivity contribution in [2.75, 3.05) is 39.4 Å². The van der Waals surface area contributed by atoms with Crippen LogP contribution in [-0.4, -0.2) is 72.1 Å². The highest BCUT2D eigenvalue weighted by Crippen LogP contribution is 2.20. The summed E-state index contributed by atoms with van der Waals surface area (Å²) in [5.74, 6) is -0.289. The normalized spacial score (nSPS) is 18.2. The number of nitrogens with zero attached hydrogens (tertiary/aromatic N) is 4. The Labute approximate surface area is 173 Å².